The Labute approximate surface area is 118 Å². The van der Waals surface area contributed by atoms with Gasteiger partial charge in [-0.1, -0.05) is 0 Å². The highest BCUT2D eigenvalue weighted by atomic mass is 32.2. The lowest BCUT2D eigenvalue weighted by Gasteiger charge is -2.14. The molecule has 1 unspecified atom stereocenters. The number of nitrogens with one attached hydrogen (secondary N) is 2. The molecule has 1 atom stereocenters. The number of anilines is 1. The molecule has 2 rings (SSSR count). The van der Waals surface area contributed by atoms with Gasteiger partial charge in [0.15, 0.2) is 0 Å². The molecule has 0 aliphatic rings. The molecule has 0 aliphatic heterocycles. The topological polar surface area (TPSA) is 84.2 Å². The number of rotatable bonds is 6. The van der Waals surface area contributed by atoms with Crippen molar-refractivity contribution in [2.75, 3.05) is 12.4 Å². The summed E-state index contributed by atoms with van der Waals surface area (Å²) in [6.07, 6.45) is 3.59. The Morgan fingerprint density at radius 2 is 2.15 bits per heavy atom. The van der Waals surface area contributed by atoms with Crippen molar-refractivity contribution in [3.63, 3.8) is 0 Å². The lowest BCUT2D eigenvalue weighted by atomic mass is 10.2. The van der Waals surface area contributed by atoms with Crippen LogP contribution in [-0.2, 0) is 16.4 Å². The van der Waals surface area contributed by atoms with Crippen LogP contribution in [0.3, 0.4) is 0 Å². The first kappa shape index (κ1) is 14.5. The minimum atomic E-state index is -3.62. The molecule has 0 saturated heterocycles. The molecule has 0 amide bonds. The van der Waals surface area contributed by atoms with Crippen LogP contribution in [0.25, 0.3) is 0 Å². The summed E-state index contributed by atoms with van der Waals surface area (Å²) in [6.45, 7) is 1.79. The number of nitrogens with zero attached hydrogens (tertiary/aromatic N) is 1. The Hall–Kier alpha value is -1.86. The Balaban J connectivity index is 2.14. The van der Waals surface area contributed by atoms with E-state index in [2.05, 4.69) is 15.0 Å². The van der Waals surface area contributed by atoms with Crippen molar-refractivity contribution >= 4 is 15.8 Å². The normalized spacial score (nSPS) is 13.1. The smallest absolute Gasteiger partial charge is 0.244 e. The molecular formula is C13H17N3O3S. The van der Waals surface area contributed by atoms with E-state index in [-0.39, 0.29) is 10.9 Å². The third-order valence-electron chi connectivity index (χ3n) is 2.74. The van der Waals surface area contributed by atoms with Gasteiger partial charge in [-0.3, -0.25) is 0 Å². The van der Waals surface area contributed by atoms with Gasteiger partial charge < -0.3 is 9.73 Å². The van der Waals surface area contributed by atoms with Crippen molar-refractivity contribution in [2.24, 2.45) is 0 Å². The predicted molar refractivity (Wildman–Crippen MR) is 76.0 cm³/mol. The van der Waals surface area contributed by atoms with Crippen LogP contribution in [0.15, 0.2) is 46.0 Å². The van der Waals surface area contributed by atoms with Crippen LogP contribution in [-0.4, -0.2) is 26.5 Å². The minimum Gasteiger partial charge on any atom is -0.469 e. The summed E-state index contributed by atoms with van der Waals surface area (Å²) in [6, 6.07) is 6.41. The second kappa shape index (κ2) is 6.06. The van der Waals surface area contributed by atoms with Gasteiger partial charge in [0.2, 0.25) is 10.0 Å². The Kier molecular flexibility index (Phi) is 4.41. The molecule has 0 fully saturated rings. The van der Waals surface area contributed by atoms with Crippen LogP contribution in [0.1, 0.15) is 12.7 Å². The van der Waals surface area contributed by atoms with E-state index in [9.17, 15) is 8.42 Å². The number of hydrogen-bond acceptors (Lipinski definition) is 5. The lowest BCUT2D eigenvalue weighted by Crippen LogP contribution is -2.34. The molecule has 0 aromatic carbocycles. The summed E-state index contributed by atoms with van der Waals surface area (Å²) >= 11 is 0. The fourth-order valence-electron chi connectivity index (χ4n) is 1.90. The average molecular weight is 295 g/mol. The van der Waals surface area contributed by atoms with Crippen molar-refractivity contribution in [1.82, 2.24) is 9.71 Å². The number of aromatic nitrogens is 1. The summed E-state index contributed by atoms with van der Waals surface area (Å²) in [7, 11) is -1.99. The average Bonchev–Trinajstić information content (AvgIpc) is 2.90. The van der Waals surface area contributed by atoms with E-state index in [1.54, 1.807) is 32.4 Å². The number of hydrogen-bond donors (Lipinski definition) is 2. The van der Waals surface area contributed by atoms with Gasteiger partial charge in [-0.15, -0.1) is 0 Å². The van der Waals surface area contributed by atoms with E-state index in [0.29, 0.717) is 12.2 Å². The second-order valence-corrected chi connectivity index (χ2v) is 6.09. The van der Waals surface area contributed by atoms with E-state index in [1.165, 1.54) is 12.3 Å². The molecule has 6 nitrogen and oxygen atoms in total. The molecule has 2 heterocycles. The molecule has 2 aromatic heterocycles. The minimum absolute atomic E-state index is 0.133. The molecule has 2 aromatic rings. The highest BCUT2D eigenvalue weighted by Crippen LogP contribution is 2.18. The second-order valence-electron chi connectivity index (χ2n) is 4.41. The largest absolute Gasteiger partial charge is 0.469 e. The zero-order chi connectivity index (χ0) is 14.6. The summed E-state index contributed by atoms with van der Waals surface area (Å²) in [5.74, 6) is 1.06. The van der Waals surface area contributed by atoms with Gasteiger partial charge >= 0.3 is 0 Å². The zero-order valence-corrected chi connectivity index (χ0v) is 12.1. The number of furan rings is 1. The number of sulfonamides is 1. The monoisotopic (exact) mass is 295 g/mol. The van der Waals surface area contributed by atoms with E-state index in [0.717, 1.165) is 5.76 Å². The predicted octanol–water partition coefficient (Wildman–Crippen LogP) is 1.63. The molecule has 20 heavy (non-hydrogen) atoms. The fraction of sp³-hybridized carbons (Fsp3) is 0.308. The molecule has 0 aliphatic carbocycles. The summed E-state index contributed by atoms with van der Waals surface area (Å²) < 4.78 is 32.5. The standard InChI is InChI=1S/C13H17N3O3S/c1-10(9-11-5-4-8-19-11)16-20(17,18)12-6-3-7-15-13(12)14-2/h3-8,10,16H,9H2,1-2H3,(H,14,15). The van der Waals surface area contributed by atoms with Crippen molar-refractivity contribution in [2.45, 2.75) is 24.3 Å². The molecule has 108 valence electrons. The van der Waals surface area contributed by atoms with E-state index >= 15 is 0 Å². The highest BCUT2D eigenvalue weighted by molar-refractivity contribution is 7.89. The van der Waals surface area contributed by atoms with Gasteiger partial charge in [0.1, 0.15) is 16.5 Å². The van der Waals surface area contributed by atoms with Crippen molar-refractivity contribution in [3.05, 3.63) is 42.5 Å². The zero-order valence-electron chi connectivity index (χ0n) is 11.3. The summed E-state index contributed by atoms with van der Waals surface area (Å²) in [5.41, 5.74) is 0. The van der Waals surface area contributed by atoms with Crippen LogP contribution < -0.4 is 10.0 Å². The quantitative estimate of drug-likeness (QED) is 0.846. The Morgan fingerprint density at radius 1 is 1.35 bits per heavy atom. The van der Waals surface area contributed by atoms with Gasteiger partial charge in [-0.25, -0.2) is 18.1 Å². The molecular weight excluding hydrogens is 278 g/mol. The molecule has 0 radical (unpaired) electrons. The van der Waals surface area contributed by atoms with Gasteiger partial charge in [-0.2, -0.15) is 0 Å². The first-order valence-corrected chi connectivity index (χ1v) is 7.68. The van der Waals surface area contributed by atoms with Gasteiger partial charge in [0.05, 0.1) is 6.26 Å². The van der Waals surface area contributed by atoms with Crippen molar-refractivity contribution < 1.29 is 12.8 Å². The van der Waals surface area contributed by atoms with Crippen LogP contribution in [0.5, 0.6) is 0 Å². The molecule has 7 heteroatoms. The maximum absolute atomic E-state index is 12.3. The SMILES string of the molecule is CNc1ncccc1S(=O)(=O)NC(C)Cc1ccco1. The van der Waals surface area contributed by atoms with Crippen molar-refractivity contribution in [1.29, 1.82) is 0 Å². The van der Waals surface area contributed by atoms with E-state index in [4.69, 9.17) is 4.42 Å². The van der Waals surface area contributed by atoms with Crippen LogP contribution in [0.4, 0.5) is 5.82 Å². The van der Waals surface area contributed by atoms with E-state index < -0.39 is 10.0 Å². The van der Waals surface area contributed by atoms with Crippen LogP contribution >= 0.6 is 0 Å². The lowest BCUT2D eigenvalue weighted by molar-refractivity contribution is 0.479. The maximum Gasteiger partial charge on any atom is 0.244 e. The van der Waals surface area contributed by atoms with Crippen LogP contribution in [0, 0.1) is 0 Å². The summed E-state index contributed by atoms with van der Waals surface area (Å²) in [4.78, 5) is 4.13. The maximum atomic E-state index is 12.3. The van der Waals surface area contributed by atoms with Crippen molar-refractivity contribution in [3.8, 4) is 0 Å². The molecule has 0 saturated carbocycles. The first-order chi connectivity index (χ1) is 9.53. The Bertz CT molecular complexity index is 653. The van der Waals surface area contributed by atoms with Gasteiger partial charge in [-0.05, 0) is 31.2 Å². The van der Waals surface area contributed by atoms with E-state index in [1.807, 2.05) is 6.07 Å². The third kappa shape index (κ3) is 3.37. The summed E-state index contributed by atoms with van der Waals surface area (Å²) in [5, 5.41) is 2.77. The highest BCUT2D eigenvalue weighted by Gasteiger charge is 2.21. The van der Waals surface area contributed by atoms with Gasteiger partial charge in [0.25, 0.3) is 0 Å². The Morgan fingerprint density at radius 3 is 2.80 bits per heavy atom. The fourth-order valence-corrected chi connectivity index (χ4v) is 3.30. The number of pyridine rings is 1. The molecule has 0 bridgehead atoms. The molecule has 2 N–H and O–H groups in total. The third-order valence-corrected chi connectivity index (χ3v) is 4.36. The van der Waals surface area contributed by atoms with Crippen LogP contribution in [0.2, 0.25) is 0 Å². The molecule has 0 spiro atoms. The van der Waals surface area contributed by atoms with Gasteiger partial charge in [0, 0.05) is 25.7 Å². The first-order valence-electron chi connectivity index (χ1n) is 6.20.